The van der Waals surface area contributed by atoms with E-state index in [2.05, 4.69) is 9.98 Å². The third-order valence-electron chi connectivity index (χ3n) is 4.70. The van der Waals surface area contributed by atoms with Crippen molar-refractivity contribution in [1.82, 2.24) is 4.98 Å². The molecule has 1 amide bonds. The number of thiazole rings is 1. The Bertz CT molecular complexity index is 1360. The number of carbonyl (C=O) groups excluding carboxylic acids is 1. The average molecular weight is 468 g/mol. The third-order valence-corrected chi connectivity index (χ3v) is 6.34. The number of hydrogen-bond acceptors (Lipinski definition) is 4. The molecule has 0 unspecified atom stereocenters. The van der Waals surface area contributed by atoms with Crippen LogP contribution in [0.2, 0.25) is 10.0 Å². The SMILES string of the molecule is O=C1C(=Cc2ccccc2Cl)N=C(c2ccccc2)N1c1nc2cc(Cl)c(F)cc2s1. The van der Waals surface area contributed by atoms with Crippen molar-refractivity contribution in [3.8, 4) is 0 Å². The standard InChI is InChI=1S/C23H12Cl2FN3OS/c24-15-9-5-4-8-14(15)10-19-22(30)29(21(27-19)13-6-2-1-3-7-13)23-28-18-11-16(25)17(26)12-20(18)31-23/h1-12H. The molecular weight excluding hydrogens is 456 g/mol. The number of amides is 1. The lowest BCUT2D eigenvalue weighted by Crippen LogP contribution is -2.32. The highest BCUT2D eigenvalue weighted by molar-refractivity contribution is 7.22. The quantitative estimate of drug-likeness (QED) is 0.319. The molecule has 4 nitrogen and oxygen atoms in total. The van der Waals surface area contributed by atoms with Crippen molar-refractivity contribution in [3.63, 3.8) is 0 Å². The molecule has 0 radical (unpaired) electrons. The molecule has 0 saturated carbocycles. The monoisotopic (exact) mass is 467 g/mol. The van der Waals surface area contributed by atoms with Crippen molar-refractivity contribution in [2.75, 3.05) is 4.90 Å². The van der Waals surface area contributed by atoms with E-state index in [4.69, 9.17) is 23.2 Å². The van der Waals surface area contributed by atoms with Crippen LogP contribution < -0.4 is 4.90 Å². The van der Waals surface area contributed by atoms with Crippen molar-refractivity contribution in [1.29, 1.82) is 0 Å². The summed E-state index contributed by atoms with van der Waals surface area (Å²) >= 11 is 13.4. The predicted octanol–water partition coefficient (Wildman–Crippen LogP) is 6.58. The van der Waals surface area contributed by atoms with Crippen LogP contribution in [0.25, 0.3) is 16.3 Å². The number of rotatable bonds is 3. The number of aliphatic imine (C=N–C) groups is 1. The van der Waals surface area contributed by atoms with Gasteiger partial charge in [0.05, 0.1) is 15.2 Å². The van der Waals surface area contributed by atoms with E-state index in [9.17, 15) is 9.18 Å². The summed E-state index contributed by atoms with van der Waals surface area (Å²) in [5.74, 6) is -0.438. The lowest BCUT2D eigenvalue weighted by atomic mass is 10.2. The topological polar surface area (TPSA) is 45.6 Å². The van der Waals surface area contributed by atoms with Crippen LogP contribution in [0.3, 0.4) is 0 Å². The number of fused-ring (bicyclic) bond motifs is 1. The number of amidine groups is 1. The highest BCUT2D eigenvalue weighted by Crippen LogP contribution is 2.36. The van der Waals surface area contributed by atoms with Gasteiger partial charge in [-0.15, -0.1) is 0 Å². The minimum atomic E-state index is -0.534. The summed E-state index contributed by atoms with van der Waals surface area (Å²) in [7, 11) is 0. The molecule has 0 atom stereocenters. The summed E-state index contributed by atoms with van der Waals surface area (Å²) in [6.07, 6.45) is 1.65. The van der Waals surface area contributed by atoms with Crippen LogP contribution in [-0.4, -0.2) is 16.7 Å². The van der Waals surface area contributed by atoms with Crippen molar-refractivity contribution in [3.05, 3.63) is 99.4 Å². The lowest BCUT2D eigenvalue weighted by Gasteiger charge is -2.14. The maximum absolute atomic E-state index is 13.9. The fourth-order valence-corrected chi connectivity index (χ4v) is 4.54. The number of anilines is 1. The maximum Gasteiger partial charge on any atom is 0.284 e. The largest absolute Gasteiger partial charge is 0.284 e. The molecule has 5 rings (SSSR count). The van der Waals surface area contributed by atoms with Gasteiger partial charge in [-0.2, -0.15) is 0 Å². The Morgan fingerprint density at radius 3 is 2.48 bits per heavy atom. The second-order valence-corrected chi connectivity index (χ2v) is 8.55. The van der Waals surface area contributed by atoms with E-state index in [1.807, 2.05) is 48.5 Å². The molecule has 1 aliphatic rings. The van der Waals surface area contributed by atoms with Gasteiger partial charge in [0, 0.05) is 10.6 Å². The molecule has 0 bridgehead atoms. The fraction of sp³-hybridized carbons (Fsp3) is 0. The molecule has 2 heterocycles. The number of hydrogen-bond donors (Lipinski definition) is 0. The molecule has 8 heteroatoms. The van der Waals surface area contributed by atoms with E-state index in [0.717, 1.165) is 5.56 Å². The van der Waals surface area contributed by atoms with Gasteiger partial charge >= 0.3 is 0 Å². The number of carbonyl (C=O) groups is 1. The minimum Gasteiger partial charge on any atom is -0.266 e. The molecule has 0 fully saturated rings. The molecule has 0 aliphatic carbocycles. The first-order chi connectivity index (χ1) is 15.0. The Morgan fingerprint density at radius 2 is 1.71 bits per heavy atom. The second kappa shape index (κ2) is 7.89. The summed E-state index contributed by atoms with van der Waals surface area (Å²) in [6.45, 7) is 0. The minimum absolute atomic E-state index is 0.0200. The molecule has 4 aromatic rings. The van der Waals surface area contributed by atoms with Crippen molar-refractivity contribution >= 4 is 67.7 Å². The van der Waals surface area contributed by atoms with Crippen LogP contribution in [0.4, 0.5) is 9.52 Å². The van der Waals surface area contributed by atoms with Gasteiger partial charge in [0.25, 0.3) is 5.91 Å². The van der Waals surface area contributed by atoms with Crippen LogP contribution in [-0.2, 0) is 4.79 Å². The molecule has 152 valence electrons. The van der Waals surface area contributed by atoms with E-state index in [1.165, 1.54) is 28.4 Å². The number of benzene rings is 3. The van der Waals surface area contributed by atoms with Crippen LogP contribution in [0.15, 0.2) is 77.4 Å². The molecular formula is C23H12Cl2FN3OS. The molecule has 0 spiro atoms. The number of nitrogens with zero attached hydrogens (tertiary/aromatic N) is 3. The van der Waals surface area contributed by atoms with Crippen LogP contribution in [0, 0.1) is 5.82 Å². The molecule has 31 heavy (non-hydrogen) atoms. The third kappa shape index (κ3) is 3.63. The normalized spacial score (nSPS) is 15.2. The Hall–Kier alpha value is -3.06. The zero-order chi connectivity index (χ0) is 21.5. The first-order valence-corrected chi connectivity index (χ1v) is 10.8. The summed E-state index contributed by atoms with van der Waals surface area (Å²) in [6, 6.07) is 19.3. The van der Waals surface area contributed by atoms with E-state index >= 15 is 0 Å². The van der Waals surface area contributed by atoms with Gasteiger partial charge in [-0.1, -0.05) is 83.1 Å². The number of aromatic nitrogens is 1. The Morgan fingerprint density at radius 1 is 0.968 bits per heavy atom. The summed E-state index contributed by atoms with van der Waals surface area (Å²) in [5.41, 5.74) is 2.18. The van der Waals surface area contributed by atoms with Crippen LogP contribution in [0.5, 0.6) is 0 Å². The predicted molar refractivity (Wildman–Crippen MR) is 124 cm³/mol. The second-order valence-electron chi connectivity index (χ2n) is 6.72. The first-order valence-electron chi connectivity index (χ1n) is 9.21. The summed E-state index contributed by atoms with van der Waals surface area (Å²) < 4.78 is 14.5. The molecule has 3 aromatic carbocycles. The zero-order valence-corrected chi connectivity index (χ0v) is 18.0. The summed E-state index contributed by atoms with van der Waals surface area (Å²) in [5, 5.41) is 0.878. The van der Waals surface area contributed by atoms with E-state index in [-0.39, 0.29) is 16.6 Å². The van der Waals surface area contributed by atoms with Gasteiger partial charge in [0.1, 0.15) is 17.3 Å². The fourth-order valence-electron chi connectivity index (χ4n) is 3.22. The van der Waals surface area contributed by atoms with Crippen LogP contribution >= 0.6 is 34.5 Å². The smallest absolute Gasteiger partial charge is 0.266 e. The average Bonchev–Trinajstić information content (AvgIpc) is 3.31. The highest BCUT2D eigenvalue weighted by Gasteiger charge is 2.34. The first kappa shape index (κ1) is 19.9. The van der Waals surface area contributed by atoms with Gasteiger partial charge in [0.15, 0.2) is 5.13 Å². The van der Waals surface area contributed by atoms with E-state index in [1.54, 1.807) is 12.1 Å². The molecule has 0 saturated heterocycles. The molecule has 0 N–H and O–H groups in total. The van der Waals surface area contributed by atoms with E-state index < -0.39 is 5.82 Å². The molecule has 1 aromatic heterocycles. The zero-order valence-electron chi connectivity index (χ0n) is 15.7. The van der Waals surface area contributed by atoms with Crippen molar-refractivity contribution < 1.29 is 9.18 Å². The van der Waals surface area contributed by atoms with Gasteiger partial charge in [-0.25, -0.2) is 19.3 Å². The van der Waals surface area contributed by atoms with Crippen LogP contribution in [0.1, 0.15) is 11.1 Å². The summed E-state index contributed by atoms with van der Waals surface area (Å²) in [4.78, 5) is 23.9. The van der Waals surface area contributed by atoms with Crippen molar-refractivity contribution in [2.45, 2.75) is 0 Å². The van der Waals surface area contributed by atoms with Crippen molar-refractivity contribution in [2.24, 2.45) is 4.99 Å². The maximum atomic E-state index is 13.9. The van der Waals surface area contributed by atoms with Gasteiger partial charge < -0.3 is 0 Å². The number of halogens is 3. The Kier molecular flexibility index (Phi) is 5.06. The highest BCUT2D eigenvalue weighted by atomic mass is 35.5. The van der Waals surface area contributed by atoms with Gasteiger partial charge in [-0.05, 0) is 29.8 Å². The van der Waals surface area contributed by atoms with Gasteiger partial charge in [-0.3, -0.25) is 4.79 Å². The van der Waals surface area contributed by atoms with Gasteiger partial charge in [0.2, 0.25) is 0 Å². The Balaban J connectivity index is 1.66. The Labute approximate surface area is 190 Å². The van der Waals surface area contributed by atoms with E-state index in [0.29, 0.717) is 31.8 Å². The molecule has 1 aliphatic heterocycles. The lowest BCUT2D eigenvalue weighted by molar-refractivity contribution is -0.113.